The van der Waals surface area contributed by atoms with Crippen LogP contribution in [0.2, 0.25) is 0 Å². The van der Waals surface area contributed by atoms with E-state index in [1.165, 1.54) is 24.6 Å². The Morgan fingerprint density at radius 1 is 1.35 bits per heavy atom. The van der Waals surface area contributed by atoms with Crippen LogP contribution in [-0.4, -0.2) is 17.7 Å². The molecule has 2 aliphatic carbocycles. The summed E-state index contributed by atoms with van der Waals surface area (Å²) in [7, 11) is 0. The van der Waals surface area contributed by atoms with Gasteiger partial charge in [0.15, 0.2) is 5.12 Å². The van der Waals surface area contributed by atoms with E-state index in [4.69, 9.17) is 4.74 Å². The zero-order valence-corrected chi connectivity index (χ0v) is 11.2. The molecule has 1 spiro atoms. The average molecular weight is 254 g/mol. The van der Waals surface area contributed by atoms with E-state index in [1.54, 1.807) is 6.92 Å². The molecule has 0 heterocycles. The molecule has 0 aromatic carbocycles. The number of carbonyl (C=O) groups is 2. The predicted molar refractivity (Wildman–Crippen MR) is 67.4 cm³/mol. The third-order valence-electron chi connectivity index (χ3n) is 3.52. The van der Waals surface area contributed by atoms with E-state index in [2.05, 4.69) is 0 Å². The quantitative estimate of drug-likeness (QED) is 0.726. The van der Waals surface area contributed by atoms with Gasteiger partial charge in [-0.05, 0) is 44.4 Å². The third-order valence-corrected chi connectivity index (χ3v) is 4.50. The predicted octanol–water partition coefficient (Wildman–Crippen LogP) is 3.05. The lowest BCUT2D eigenvalue weighted by molar-refractivity contribution is -0.139. The standard InChI is InChI=1S/C13H18O3S/c1-3-16-12(15)10-8-13(6-7-13)5-4-11(10)17-9(2)14/h3-8H2,1-2H3. The maximum Gasteiger partial charge on any atom is 0.334 e. The highest BCUT2D eigenvalue weighted by atomic mass is 32.2. The molecule has 2 rings (SSSR count). The van der Waals surface area contributed by atoms with Gasteiger partial charge in [0.25, 0.3) is 0 Å². The lowest BCUT2D eigenvalue weighted by Crippen LogP contribution is -2.18. The highest BCUT2D eigenvalue weighted by Gasteiger charge is 2.46. The molecule has 17 heavy (non-hydrogen) atoms. The van der Waals surface area contributed by atoms with Crippen LogP contribution in [0.1, 0.15) is 46.0 Å². The second-order valence-electron chi connectivity index (χ2n) is 4.89. The molecule has 0 saturated heterocycles. The summed E-state index contributed by atoms with van der Waals surface area (Å²) >= 11 is 1.21. The molecule has 0 unspecified atom stereocenters. The van der Waals surface area contributed by atoms with Crippen molar-refractivity contribution in [2.75, 3.05) is 6.61 Å². The highest BCUT2D eigenvalue weighted by molar-refractivity contribution is 8.16. The second kappa shape index (κ2) is 4.84. The van der Waals surface area contributed by atoms with Crippen molar-refractivity contribution in [2.24, 2.45) is 5.41 Å². The van der Waals surface area contributed by atoms with Crippen LogP contribution < -0.4 is 0 Å². The second-order valence-corrected chi connectivity index (χ2v) is 6.16. The summed E-state index contributed by atoms with van der Waals surface area (Å²) < 4.78 is 5.09. The Bertz CT molecular complexity index is 380. The molecule has 94 valence electrons. The fraction of sp³-hybridized carbons (Fsp3) is 0.692. The Balaban J connectivity index is 2.18. The number of esters is 1. The Morgan fingerprint density at radius 2 is 2.06 bits per heavy atom. The van der Waals surface area contributed by atoms with Gasteiger partial charge in [0.05, 0.1) is 6.61 Å². The van der Waals surface area contributed by atoms with Crippen molar-refractivity contribution in [1.29, 1.82) is 0 Å². The maximum atomic E-state index is 11.9. The van der Waals surface area contributed by atoms with Crippen LogP contribution in [-0.2, 0) is 14.3 Å². The van der Waals surface area contributed by atoms with Gasteiger partial charge >= 0.3 is 5.97 Å². The van der Waals surface area contributed by atoms with E-state index in [0.29, 0.717) is 12.0 Å². The summed E-state index contributed by atoms with van der Waals surface area (Å²) in [6.45, 7) is 3.75. The van der Waals surface area contributed by atoms with Gasteiger partial charge in [-0.15, -0.1) is 0 Å². The number of ether oxygens (including phenoxy) is 1. The number of thioether (sulfide) groups is 1. The zero-order valence-electron chi connectivity index (χ0n) is 10.4. The Hall–Kier alpha value is -0.770. The van der Waals surface area contributed by atoms with E-state index in [1.807, 2.05) is 6.92 Å². The fourth-order valence-corrected chi connectivity index (χ4v) is 3.22. The monoisotopic (exact) mass is 254 g/mol. The molecule has 0 aromatic rings. The number of allylic oxidation sites excluding steroid dienone is 1. The molecule has 1 saturated carbocycles. The summed E-state index contributed by atoms with van der Waals surface area (Å²) in [6.07, 6.45) is 5.22. The summed E-state index contributed by atoms with van der Waals surface area (Å²) in [6, 6.07) is 0. The largest absolute Gasteiger partial charge is 0.463 e. The number of rotatable bonds is 3. The summed E-state index contributed by atoms with van der Waals surface area (Å²) in [5, 5.41) is 0.0496. The molecule has 0 bridgehead atoms. The minimum atomic E-state index is -0.220. The Labute approximate surface area is 106 Å². The van der Waals surface area contributed by atoms with Crippen LogP contribution in [0.15, 0.2) is 10.5 Å². The van der Waals surface area contributed by atoms with Gasteiger partial charge in [-0.3, -0.25) is 4.79 Å². The zero-order chi connectivity index (χ0) is 12.5. The van der Waals surface area contributed by atoms with E-state index < -0.39 is 0 Å². The molecule has 0 atom stereocenters. The van der Waals surface area contributed by atoms with Gasteiger partial charge in [0, 0.05) is 17.4 Å². The van der Waals surface area contributed by atoms with E-state index in [9.17, 15) is 9.59 Å². The van der Waals surface area contributed by atoms with E-state index >= 15 is 0 Å². The molecule has 0 aliphatic heterocycles. The van der Waals surface area contributed by atoms with Gasteiger partial charge in [0.2, 0.25) is 0 Å². The van der Waals surface area contributed by atoms with Crippen molar-refractivity contribution >= 4 is 22.8 Å². The minimum Gasteiger partial charge on any atom is -0.463 e. The molecule has 3 nitrogen and oxygen atoms in total. The van der Waals surface area contributed by atoms with Gasteiger partial charge in [-0.2, -0.15) is 0 Å². The van der Waals surface area contributed by atoms with Crippen LogP contribution in [0.4, 0.5) is 0 Å². The fourth-order valence-electron chi connectivity index (χ4n) is 2.39. The van der Waals surface area contributed by atoms with Crippen LogP contribution in [0, 0.1) is 5.41 Å². The first-order chi connectivity index (χ1) is 8.06. The summed E-state index contributed by atoms with van der Waals surface area (Å²) in [4.78, 5) is 24.0. The normalized spacial score (nSPS) is 21.5. The molecule has 1 fully saturated rings. The minimum absolute atomic E-state index is 0.0496. The van der Waals surface area contributed by atoms with Crippen LogP contribution in [0.5, 0.6) is 0 Å². The van der Waals surface area contributed by atoms with Crippen molar-refractivity contribution in [2.45, 2.75) is 46.0 Å². The first-order valence-corrected chi connectivity index (χ1v) is 6.95. The number of hydrogen-bond donors (Lipinski definition) is 0. The number of hydrogen-bond acceptors (Lipinski definition) is 4. The smallest absolute Gasteiger partial charge is 0.334 e. The first-order valence-electron chi connectivity index (χ1n) is 6.14. The van der Waals surface area contributed by atoms with E-state index in [-0.39, 0.29) is 11.1 Å². The first kappa shape index (κ1) is 12.7. The highest BCUT2D eigenvalue weighted by Crippen LogP contribution is 2.58. The van der Waals surface area contributed by atoms with Crippen molar-refractivity contribution in [3.05, 3.63) is 10.5 Å². The van der Waals surface area contributed by atoms with Gasteiger partial charge < -0.3 is 4.74 Å². The summed E-state index contributed by atoms with van der Waals surface area (Å²) in [5.74, 6) is -0.220. The van der Waals surface area contributed by atoms with Crippen LogP contribution in [0.3, 0.4) is 0 Å². The van der Waals surface area contributed by atoms with Crippen molar-refractivity contribution < 1.29 is 14.3 Å². The molecule has 0 aromatic heterocycles. The molecule has 0 amide bonds. The molecular formula is C13H18O3S. The van der Waals surface area contributed by atoms with E-state index in [0.717, 1.165) is 29.7 Å². The SMILES string of the molecule is CCOC(=O)C1=C(SC(C)=O)CCC2(CC2)C1. The topological polar surface area (TPSA) is 43.4 Å². The molecule has 4 heteroatoms. The van der Waals surface area contributed by atoms with Gasteiger partial charge in [0.1, 0.15) is 0 Å². The van der Waals surface area contributed by atoms with Crippen LogP contribution in [0.25, 0.3) is 0 Å². The van der Waals surface area contributed by atoms with Gasteiger partial charge in [-0.25, -0.2) is 4.79 Å². The number of carbonyl (C=O) groups excluding carboxylic acids is 2. The molecular weight excluding hydrogens is 236 g/mol. The molecule has 0 radical (unpaired) electrons. The maximum absolute atomic E-state index is 11.9. The lowest BCUT2D eigenvalue weighted by Gasteiger charge is -2.25. The average Bonchev–Trinajstić information content (AvgIpc) is 3.01. The van der Waals surface area contributed by atoms with Gasteiger partial charge in [-0.1, -0.05) is 11.8 Å². The molecule has 0 N–H and O–H groups in total. The van der Waals surface area contributed by atoms with Crippen molar-refractivity contribution in [3.63, 3.8) is 0 Å². The molecule has 2 aliphatic rings. The Morgan fingerprint density at radius 3 is 2.59 bits per heavy atom. The third kappa shape index (κ3) is 2.92. The van der Waals surface area contributed by atoms with Crippen molar-refractivity contribution in [3.8, 4) is 0 Å². The summed E-state index contributed by atoms with van der Waals surface area (Å²) in [5.41, 5.74) is 1.12. The van der Waals surface area contributed by atoms with Crippen molar-refractivity contribution in [1.82, 2.24) is 0 Å². The Kier molecular flexibility index (Phi) is 3.61. The lowest BCUT2D eigenvalue weighted by atomic mass is 9.86. The van der Waals surface area contributed by atoms with Crippen LogP contribution >= 0.6 is 11.8 Å².